The monoisotopic (exact) mass is 204 g/mol. The molecule has 1 aromatic rings. The van der Waals surface area contributed by atoms with Gasteiger partial charge in [0.2, 0.25) is 5.91 Å². The quantitative estimate of drug-likeness (QED) is 0.741. The first-order valence-corrected chi connectivity index (χ1v) is 4.92. The van der Waals surface area contributed by atoms with Crippen LogP contribution in [0.4, 0.5) is 5.69 Å². The van der Waals surface area contributed by atoms with Crippen LogP contribution in [0.3, 0.4) is 0 Å². The van der Waals surface area contributed by atoms with Crippen LogP contribution in [-0.4, -0.2) is 5.91 Å². The number of hydrogen-bond donors (Lipinski definition) is 2. The summed E-state index contributed by atoms with van der Waals surface area (Å²) in [6.45, 7) is 3.89. The normalized spacial score (nSPS) is 11.5. The summed E-state index contributed by atoms with van der Waals surface area (Å²) in [6, 6.07) is 9.29. The Bertz CT molecular complexity index is 355. The molecule has 1 rings (SSSR count). The van der Waals surface area contributed by atoms with E-state index in [1.165, 1.54) is 6.08 Å². The molecular formula is C12H16N2O. The van der Waals surface area contributed by atoms with Gasteiger partial charge in [0.15, 0.2) is 0 Å². The third-order valence-corrected chi connectivity index (χ3v) is 2.01. The van der Waals surface area contributed by atoms with Crippen LogP contribution in [0, 0.1) is 5.92 Å². The Kier molecular flexibility index (Phi) is 3.92. The first kappa shape index (κ1) is 11.3. The van der Waals surface area contributed by atoms with Crippen LogP contribution in [0.15, 0.2) is 42.1 Å². The molecule has 1 aromatic carbocycles. The number of carbonyl (C=O) groups excluding carboxylic acids is 1. The minimum atomic E-state index is -0.188. The number of para-hydroxylation sites is 1. The molecule has 0 aliphatic heterocycles. The van der Waals surface area contributed by atoms with Gasteiger partial charge in [-0.3, -0.25) is 4.79 Å². The van der Waals surface area contributed by atoms with Crippen molar-refractivity contribution in [2.75, 3.05) is 5.32 Å². The molecule has 0 atom stereocenters. The molecular weight excluding hydrogens is 188 g/mol. The lowest BCUT2D eigenvalue weighted by Gasteiger charge is -2.05. The average Bonchev–Trinajstić information content (AvgIpc) is 2.18. The van der Waals surface area contributed by atoms with Crippen LogP contribution < -0.4 is 11.1 Å². The van der Waals surface area contributed by atoms with Crippen molar-refractivity contribution >= 4 is 11.6 Å². The van der Waals surface area contributed by atoms with Crippen molar-refractivity contribution in [2.24, 2.45) is 11.7 Å². The standard InChI is InChI=1S/C12H16N2O/c1-9(2)11(13)8-12(15)14-10-6-4-3-5-7-10/h3-9H,13H2,1-2H3,(H,14,15)/b11-8-. The highest BCUT2D eigenvalue weighted by molar-refractivity contribution is 5.99. The van der Waals surface area contributed by atoms with Gasteiger partial charge >= 0.3 is 0 Å². The number of anilines is 1. The third-order valence-electron chi connectivity index (χ3n) is 2.01. The lowest BCUT2D eigenvalue weighted by Crippen LogP contribution is -2.13. The van der Waals surface area contributed by atoms with Crippen molar-refractivity contribution in [3.63, 3.8) is 0 Å². The zero-order chi connectivity index (χ0) is 11.3. The summed E-state index contributed by atoms with van der Waals surface area (Å²) in [6.07, 6.45) is 1.43. The Morgan fingerprint density at radius 1 is 1.33 bits per heavy atom. The number of allylic oxidation sites excluding steroid dienone is 1. The number of hydrogen-bond acceptors (Lipinski definition) is 2. The summed E-state index contributed by atoms with van der Waals surface area (Å²) in [5.74, 6) is -0.000997. The second-order valence-electron chi connectivity index (χ2n) is 3.65. The summed E-state index contributed by atoms with van der Waals surface area (Å²) >= 11 is 0. The second-order valence-corrected chi connectivity index (χ2v) is 3.65. The Balaban J connectivity index is 2.61. The minimum absolute atomic E-state index is 0.187. The number of rotatable bonds is 3. The molecule has 0 spiro atoms. The van der Waals surface area contributed by atoms with Crippen LogP contribution >= 0.6 is 0 Å². The fraction of sp³-hybridized carbons (Fsp3) is 0.250. The topological polar surface area (TPSA) is 55.1 Å². The summed E-state index contributed by atoms with van der Waals surface area (Å²) in [5, 5.41) is 2.73. The molecule has 0 unspecified atom stereocenters. The first-order chi connectivity index (χ1) is 7.09. The van der Waals surface area contributed by atoms with E-state index in [1.807, 2.05) is 44.2 Å². The SMILES string of the molecule is CC(C)/C(N)=C/C(=O)Nc1ccccc1. The largest absolute Gasteiger partial charge is 0.402 e. The van der Waals surface area contributed by atoms with Gasteiger partial charge in [-0.05, 0) is 18.1 Å². The molecule has 0 radical (unpaired) electrons. The Hall–Kier alpha value is -1.77. The van der Waals surface area contributed by atoms with E-state index in [9.17, 15) is 4.79 Å². The maximum atomic E-state index is 11.5. The lowest BCUT2D eigenvalue weighted by molar-refractivity contribution is -0.112. The van der Waals surface area contributed by atoms with Crippen molar-refractivity contribution < 1.29 is 4.79 Å². The molecule has 3 heteroatoms. The molecule has 0 saturated heterocycles. The Morgan fingerprint density at radius 3 is 2.47 bits per heavy atom. The molecule has 15 heavy (non-hydrogen) atoms. The number of nitrogens with one attached hydrogen (secondary N) is 1. The molecule has 0 bridgehead atoms. The number of benzene rings is 1. The maximum absolute atomic E-state index is 11.5. The predicted molar refractivity (Wildman–Crippen MR) is 62.2 cm³/mol. The molecule has 0 aliphatic carbocycles. The number of carbonyl (C=O) groups is 1. The van der Waals surface area contributed by atoms with Gasteiger partial charge in [0, 0.05) is 17.5 Å². The second kappa shape index (κ2) is 5.20. The van der Waals surface area contributed by atoms with Crippen molar-refractivity contribution in [3.8, 4) is 0 Å². The van der Waals surface area contributed by atoms with Gasteiger partial charge in [-0.1, -0.05) is 32.0 Å². The molecule has 0 saturated carbocycles. The van der Waals surface area contributed by atoms with Gasteiger partial charge in [0.1, 0.15) is 0 Å². The smallest absolute Gasteiger partial charge is 0.250 e. The summed E-state index contributed by atoms with van der Waals surface area (Å²) < 4.78 is 0. The van der Waals surface area contributed by atoms with E-state index in [1.54, 1.807) is 0 Å². The van der Waals surface area contributed by atoms with E-state index < -0.39 is 0 Å². The van der Waals surface area contributed by atoms with E-state index in [-0.39, 0.29) is 11.8 Å². The van der Waals surface area contributed by atoms with Crippen molar-refractivity contribution in [1.29, 1.82) is 0 Å². The Labute approximate surface area is 90.0 Å². The zero-order valence-electron chi connectivity index (χ0n) is 9.03. The van der Waals surface area contributed by atoms with E-state index in [4.69, 9.17) is 5.73 Å². The molecule has 80 valence electrons. The van der Waals surface area contributed by atoms with Crippen LogP contribution in [0.5, 0.6) is 0 Å². The molecule has 0 aromatic heterocycles. The molecule has 1 amide bonds. The average molecular weight is 204 g/mol. The number of nitrogens with two attached hydrogens (primary N) is 1. The zero-order valence-corrected chi connectivity index (χ0v) is 9.03. The molecule has 0 fully saturated rings. The van der Waals surface area contributed by atoms with Gasteiger partial charge in [-0.25, -0.2) is 0 Å². The van der Waals surface area contributed by atoms with E-state index in [0.29, 0.717) is 5.70 Å². The van der Waals surface area contributed by atoms with Gasteiger partial charge < -0.3 is 11.1 Å². The van der Waals surface area contributed by atoms with Crippen molar-refractivity contribution in [2.45, 2.75) is 13.8 Å². The van der Waals surface area contributed by atoms with Crippen LogP contribution in [0.25, 0.3) is 0 Å². The van der Waals surface area contributed by atoms with Crippen molar-refractivity contribution in [1.82, 2.24) is 0 Å². The van der Waals surface area contributed by atoms with Crippen LogP contribution in [0.1, 0.15) is 13.8 Å². The Morgan fingerprint density at radius 2 is 1.93 bits per heavy atom. The van der Waals surface area contributed by atoms with E-state index >= 15 is 0 Å². The predicted octanol–water partition coefficient (Wildman–Crippen LogP) is 2.12. The van der Waals surface area contributed by atoms with Gasteiger partial charge in [0.25, 0.3) is 0 Å². The molecule has 3 nitrogen and oxygen atoms in total. The fourth-order valence-corrected chi connectivity index (χ4v) is 1.02. The first-order valence-electron chi connectivity index (χ1n) is 4.92. The summed E-state index contributed by atoms with van der Waals surface area (Å²) in [7, 11) is 0. The third kappa shape index (κ3) is 3.85. The molecule has 0 aliphatic rings. The lowest BCUT2D eigenvalue weighted by atomic mass is 10.1. The van der Waals surface area contributed by atoms with E-state index in [2.05, 4.69) is 5.32 Å². The van der Waals surface area contributed by atoms with Crippen molar-refractivity contribution in [3.05, 3.63) is 42.1 Å². The fourth-order valence-electron chi connectivity index (χ4n) is 1.02. The van der Waals surface area contributed by atoms with Crippen LogP contribution in [0.2, 0.25) is 0 Å². The minimum Gasteiger partial charge on any atom is -0.402 e. The van der Waals surface area contributed by atoms with Gasteiger partial charge in [-0.15, -0.1) is 0 Å². The maximum Gasteiger partial charge on any atom is 0.250 e. The van der Waals surface area contributed by atoms with Crippen LogP contribution in [-0.2, 0) is 4.79 Å². The van der Waals surface area contributed by atoms with Gasteiger partial charge in [0.05, 0.1) is 0 Å². The van der Waals surface area contributed by atoms with E-state index in [0.717, 1.165) is 5.69 Å². The highest BCUT2D eigenvalue weighted by Gasteiger charge is 2.02. The summed E-state index contributed by atoms with van der Waals surface area (Å²) in [5.41, 5.74) is 7.03. The highest BCUT2D eigenvalue weighted by atomic mass is 16.1. The number of amides is 1. The summed E-state index contributed by atoms with van der Waals surface area (Å²) in [4.78, 5) is 11.5. The molecule has 3 N–H and O–H groups in total. The molecule has 0 heterocycles. The highest BCUT2D eigenvalue weighted by Crippen LogP contribution is 2.06. The van der Waals surface area contributed by atoms with Gasteiger partial charge in [-0.2, -0.15) is 0 Å².